The largest absolute Gasteiger partial charge is 0.394 e. The Morgan fingerprint density at radius 1 is 0.443 bits per heavy atom. The van der Waals surface area contributed by atoms with Crippen LogP contribution in [0.3, 0.4) is 0 Å². The summed E-state index contributed by atoms with van der Waals surface area (Å²) in [4.78, 5) is 13.3. The number of hydrogen-bond acceptors (Lipinski definition) is 13. The molecule has 14 heteroatoms. The van der Waals surface area contributed by atoms with E-state index < -0.39 is 86.8 Å². The smallest absolute Gasteiger partial charge is 0.220 e. The molecule has 14 nitrogen and oxygen atoms in total. The van der Waals surface area contributed by atoms with Crippen LogP contribution >= 0.6 is 0 Å². The lowest BCUT2D eigenvalue weighted by atomic mass is 9.97. The predicted molar refractivity (Wildman–Crippen MR) is 318 cm³/mol. The molecule has 2 aliphatic rings. The Kier molecular flexibility index (Phi) is 46.7. The van der Waals surface area contributed by atoms with Gasteiger partial charge in [0.25, 0.3) is 0 Å². The zero-order valence-corrected chi connectivity index (χ0v) is 49.9. The van der Waals surface area contributed by atoms with Crippen molar-refractivity contribution >= 4 is 5.91 Å². The molecule has 2 aliphatic heterocycles. The average Bonchev–Trinajstić information content (AvgIpc) is 3.47. The van der Waals surface area contributed by atoms with Crippen molar-refractivity contribution in [3.63, 3.8) is 0 Å². The summed E-state index contributed by atoms with van der Waals surface area (Å²) >= 11 is 0. The maximum Gasteiger partial charge on any atom is 0.220 e. The SMILES string of the molecule is CCCCCCCCCC/C=C\CCCCCCCCCCCC(=O)NC(COC1OC(CO)C(OC2OC(CO)C(O)C(O)C2O)C(O)C1O)C(O)/C=C/CC/C=C/CC/C=C/CCCCCCCCCCCCCCCC. The van der Waals surface area contributed by atoms with Crippen LogP contribution in [0, 0.1) is 0 Å². The van der Waals surface area contributed by atoms with E-state index in [0.717, 1.165) is 44.9 Å². The molecule has 0 spiro atoms. The minimum absolute atomic E-state index is 0.254. The van der Waals surface area contributed by atoms with Crippen molar-refractivity contribution in [1.82, 2.24) is 5.32 Å². The molecule has 12 unspecified atom stereocenters. The molecule has 0 aromatic heterocycles. The van der Waals surface area contributed by atoms with Crippen molar-refractivity contribution in [1.29, 1.82) is 0 Å². The number of aliphatic hydroxyl groups excluding tert-OH is 8. The Morgan fingerprint density at radius 2 is 0.810 bits per heavy atom. The number of aliphatic hydroxyl groups is 8. The average molecular weight is 1120 g/mol. The van der Waals surface area contributed by atoms with Gasteiger partial charge in [-0.3, -0.25) is 4.79 Å². The van der Waals surface area contributed by atoms with Crippen LogP contribution in [0.2, 0.25) is 0 Å². The van der Waals surface area contributed by atoms with E-state index >= 15 is 0 Å². The third-order valence-corrected chi connectivity index (χ3v) is 15.7. The van der Waals surface area contributed by atoms with Crippen LogP contribution in [0.4, 0.5) is 0 Å². The monoisotopic (exact) mass is 1120 g/mol. The summed E-state index contributed by atoms with van der Waals surface area (Å²) < 4.78 is 22.8. The highest BCUT2D eigenvalue weighted by Crippen LogP contribution is 2.30. The van der Waals surface area contributed by atoms with Gasteiger partial charge in [0.2, 0.25) is 5.91 Å². The highest BCUT2D eigenvalue weighted by atomic mass is 16.7. The first-order chi connectivity index (χ1) is 38.6. The number of carbonyl (C=O) groups excluding carboxylic acids is 1. The van der Waals surface area contributed by atoms with E-state index in [1.165, 1.54) is 186 Å². The van der Waals surface area contributed by atoms with E-state index in [2.05, 4.69) is 55.6 Å². The van der Waals surface area contributed by atoms with Crippen LogP contribution in [0.1, 0.15) is 264 Å². The molecule has 0 radical (unpaired) electrons. The van der Waals surface area contributed by atoms with E-state index in [-0.39, 0.29) is 18.9 Å². The van der Waals surface area contributed by atoms with Gasteiger partial charge in [-0.25, -0.2) is 0 Å². The van der Waals surface area contributed by atoms with Crippen molar-refractivity contribution < 1.29 is 64.6 Å². The summed E-state index contributed by atoms with van der Waals surface area (Å²) in [5.74, 6) is -0.254. The van der Waals surface area contributed by atoms with Gasteiger partial charge in [0, 0.05) is 6.42 Å². The van der Waals surface area contributed by atoms with Crippen LogP contribution in [-0.4, -0.2) is 140 Å². The van der Waals surface area contributed by atoms with E-state index in [9.17, 15) is 45.6 Å². The van der Waals surface area contributed by atoms with Gasteiger partial charge in [-0.1, -0.05) is 236 Å². The third kappa shape index (κ3) is 35.6. The van der Waals surface area contributed by atoms with Crippen LogP contribution < -0.4 is 5.32 Å². The van der Waals surface area contributed by atoms with Crippen molar-refractivity contribution in [2.24, 2.45) is 0 Å². The molecule has 1 amide bonds. The molecular formula is C65H119NO13. The summed E-state index contributed by atoms with van der Waals surface area (Å²) in [5, 5.41) is 87.2. The fourth-order valence-electron chi connectivity index (χ4n) is 10.5. The van der Waals surface area contributed by atoms with E-state index in [0.29, 0.717) is 12.8 Å². The third-order valence-electron chi connectivity index (χ3n) is 15.7. The highest BCUT2D eigenvalue weighted by Gasteiger charge is 2.51. The summed E-state index contributed by atoms with van der Waals surface area (Å²) in [7, 11) is 0. The maximum atomic E-state index is 13.3. The second kappa shape index (κ2) is 50.5. The lowest BCUT2D eigenvalue weighted by Gasteiger charge is -2.46. The second-order valence-electron chi connectivity index (χ2n) is 22.9. The van der Waals surface area contributed by atoms with Crippen LogP contribution in [0.15, 0.2) is 48.6 Å². The number of hydrogen-bond donors (Lipinski definition) is 9. The number of rotatable bonds is 52. The van der Waals surface area contributed by atoms with Gasteiger partial charge in [-0.15, -0.1) is 0 Å². The molecule has 0 aromatic rings. The van der Waals surface area contributed by atoms with Gasteiger partial charge in [-0.2, -0.15) is 0 Å². The van der Waals surface area contributed by atoms with Gasteiger partial charge in [0.05, 0.1) is 32.0 Å². The van der Waals surface area contributed by atoms with Crippen LogP contribution in [-0.2, 0) is 23.7 Å². The second-order valence-corrected chi connectivity index (χ2v) is 22.9. The number of amides is 1. The van der Waals surface area contributed by atoms with E-state index in [4.69, 9.17) is 18.9 Å². The first kappa shape index (κ1) is 73.1. The summed E-state index contributed by atoms with van der Waals surface area (Å²) in [6.45, 7) is 2.80. The number of unbranched alkanes of at least 4 members (excludes halogenated alkanes) is 33. The Morgan fingerprint density at radius 3 is 1.24 bits per heavy atom. The standard InChI is InChI=1S/C65H119NO13/c1-3-5-7-9-11-13-15-17-19-21-23-25-26-27-29-30-32-34-36-38-40-42-44-46-48-54(69)53(52-76-64-62(75)60(73)63(56(51-68)78-64)79-65-61(74)59(72)58(71)55(50-67)77-65)66-57(70)49-47-45-43-41-39-37-35-33-31-28-24-22-20-18-16-14-12-10-8-6-4-2/h22,24,30,32,38,40,46,48,53-56,58-65,67-69,71-75H,3-21,23,25-29,31,33-37,39,41-45,47,49-52H2,1-2H3,(H,66,70)/b24-22-,32-30+,40-38+,48-46+. The van der Waals surface area contributed by atoms with Gasteiger partial charge >= 0.3 is 0 Å². The molecule has 0 aliphatic carbocycles. The first-order valence-corrected chi connectivity index (χ1v) is 32.4. The van der Waals surface area contributed by atoms with E-state index in [1.54, 1.807) is 6.08 Å². The molecule has 2 rings (SSSR count). The number of nitrogens with one attached hydrogen (secondary N) is 1. The maximum absolute atomic E-state index is 13.3. The molecule has 2 fully saturated rings. The normalized spacial score (nSPS) is 24.7. The summed E-state index contributed by atoms with van der Waals surface area (Å²) in [5.41, 5.74) is 0. The molecule has 9 N–H and O–H groups in total. The number of allylic oxidation sites excluding steroid dienone is 7. The molecule has 2 heterocycles. The summed E-state index contributed by atoms with van der Waals surface area (Å²) in [6, 6.07) is -0.940. The topological polar surface area (TPSA) is 228 Å². The molecule has 462 valence electrons. The minimum atomic E-state index is -1.79. The Balaban J connectivity index is 1.76. The molecule has 79 heavy (non-hydrogen) atoms. The Labute approximate surface area is 480 Å². The van der Waals surface area contributed by atoms with Gasteiger partial charge in [0.15, 0.2) is 12.6 Å². The minimum Gasteiger partial charge on any atom is -0.394 e. The van der Waals surface area contributed by atoms with Crippen LogP contribution in [0.25, 0.3) is 0 Å². The molecular weight excluding hydrogens is 1000 g/mol. The zero-order valence-electron chi connectivity index (χ0n) is 49.9. The fourth-order valence-corrected chi connectivity index (χ4v) is 10.5. The van der Waals surface area contributed by atoms with Gasteiger partial charge < -0.3 is 65.1 Å². The Bertz CT molecular complexity index is 1510. The van der Waals surface area contributed by atoms with Gasteiger partial charge in [0.1, 0.15) is 48.8 Å². The molecule has 0 bridgehead atoms. The first-order valence-electron chi connectivity index (χ1n) is 32.4. The fraction of sp³-hybridized carbons (Fsp3) is 0.862. The summed E-state index contributed by atoms with van der Waals surface area (Å²) in [6.07, 6.45) is 47.3. The quantitative estimate of drug-likeness (QED) is 0.0204. The van der Waals surface area contributed by atoms with E-state index in [1.807, 2.05) is 6.08 Å². The zero-order chi connectivity index (χ0) is 57.4. The van der Waals surface area contributed by atoms with Crippen molar-refractivity contribution in [3.8, 4) is 0 Å². The predicted octanol–water partition coefficient (Wildman–Crippen LogP) is 12.0. The number of ether oxygens (including phenoxy) is 4. The van der Waals surface area contributed by atoms with Gasteiger partial charge in [-0.05, 0) is 70.6 Å². The van der Waals surface area contributed by atoms with Crippen molar-refractivity contribution in [3.05, 3.63) is 48.6 Å². The highest BCUT2D eigenvalue weighted by molar-refractivity contribution is 5.76. The van der Waals surface area contributed by atoms with Crippen LogP contribution in [0.5, 0.6) is 0 Å². The lowest BCUT2D eigenvalue weighted by Crippen LogP contribution is -2.65. The Hall–Kier alpha value is -2.05. The van der Waals surface area contributed by atoms with Crippen molar-refractivity contribution in [2.75, 3.05) is 19.8 Å². The molecule has 0 saturated carbocycles. The molecule has 0 aromatic carbocycles. The molecule has 12 atom stereocenters. The molecule has 2 saturated heterocycles. The number of carbonyl (C=O) groups is 1. The van der Waals surface area contributed by atoms with Crippen molar-refractivity contribution in [2.45, 2.75) is 338 Å². The lowest BCUT2D eigenvalue weighted by molar-refractivity contribution is -0.359.